The van der Waals surface area contributed by atoms with E-state index in [1.165, 1.54) is 23.8 Å². The zero-order chi connectivity index (χ0) is 21.9. The smallest absolute Gasteiger partial charge is 0.255 e. The minimum atomic E-state index is -0.436. The van der Waals surface area contributed by atoms with Crippen molar-refractivity contribution in [2.45, 2.75) is 6.54 Å². The second-order valence-corrected chi connectivity index (χ2v) is 8.85. The highest BCUT2D eigenvalue weighted by Crippen LogP contribution is 2.36. The summed E-state index contributed by atoms with van der Waals surface area (Å²) < 4.78 is 14.7. The normalized spacial score (nSPS) is 14.5. The van der Waals surface area contributed by atoms with Gasteiger partial charge in [0.1, 0.15) is 10.8 Å². The Kier molecular flexibility index (Phi) is 5.94. The molecule has 7 heteroatoms. The Labute approximate surface area is 189 Å². The highest BCUT2D eigenvalue weighted by molar-refractivity contribution is 7.21. The molecule has 1 aliphatic rings. The maximum absolute atomic E-state index is 13.5. The van der Waals surface area contributed by atoms with Crippen molar-refractivity contribution in [1.82, 2.24) is 15.2 Å². The third-order valence-corrected chi connectivity index (χ3v) is 6.65. The number of fused-ring (bicyclic) bond motifs is 1. The zero-order valence-electron chi connectivity index (χ0n) is 17.5. The van der Waals surface area contributed by atoms with Gasteiger partial charge in [-0.05, 0) is 42.0 Å². The molecule has 0 unspecified atom stereocenters. The van der Waals surface area contributed by atoms with Crippen molar-refractivity contribution in [2.24, 2.45) is 0 Å². The molecule has 0 aliphatic carbocycles. The van der Waals surface area contributed by atoms with Gasteiger partial charge < -0.3 is 10.6 Å². The van der Waals surface area contributed by atoms with Crippen LogP contribution in [-0.2, 0) is 6.54 Å². The molecule has 2 heterocycles. The topological polar surface area (TPSA) is 57.3 Å². The number of rotatable bonds is 5. The Hall–Kier alpha value is -3.13. The van der Waals surface area contributed by atoms with E-state index in [4.69, 9.17) is 4.98 Å². The molecule has 3 aromatic carbocycles. The van der Waals surface area contributed by atoms with Crippen molar-refractivity contribution in [1.29, 1.82) is 0 Å². The molecule has 1 aliphatic heterocycles. The van der Waals surface area contributed by atoms with Crippen LogP contribution in [0.1, 0.15) is 15.9 Å². The summed E-state index contributed by atoms with van der Waals surface area (Å²) in [7, 11) is 0. The lowest BCUT2D eigenvalue weighted by Gasteiger charge is -2.27. The third-order valence-electron chi connectivity index (χ3n) is 5.60. The molecule has 0 radical (unpaired) electrons. The average molecular weight is 447 g/mol. The van der Waals surface area contributed by atoms with E-state index in [0.29, 0.717) is 5.69 Å². The van der Waals surface area contributed by atoms with Crippen LogP contribution in [0.3, 0.4) is 0 Å². The molecule has 5 rings (SSSR count). The molecule has 1 saturated heterocycles. The molecule has 0 atom stereocenters. The maximum Gasteiger partial charge on any atom is 0.255 e. The Bertz CT molecular complexity index is 1270. The number of aromatic nitrogens is 1. The van der Waals surface area contributed by atoms with Gasteiger partial charge in [0.2, 0.25) is 0 Å². The van der Waals surface area contributed by atoms with Crippen LogP contribution in [0.5, 0.6) is 0 Å². The van der Waals surface area contributed by atoms with E-state index in [9.17, 15) is 9.18 Å². The molecule has 0 bridgehead atoms. The second-order valence-electron chi connectivity index (χ2n) is 7.82. The third kappa shape index (κ3) is 4.41. The van der Waals surface area contributed by atoms with Crippen LogP contribution in [-0.4, -0.2) is 42.0 Å². The fourth-order valence-electron chi connectivity index (χ4n) is 3.96. The molecule has 4 aromatic rings. The SMILES string of the molecule is O=C(Nc1ccccc1-c1nc2c(CN3CCNCC3)cccc2s1)c1cccc(F)c1. The predicted octanol–water partition coefficient (Wildman–Crippen LogP) is 4.76. The maximum atomic E-state index is 13.5. The summed E-state index contributed by atoms with van der Waals surface area (Å²) in [6, 6.07) is 19.6. The van der Waals surface area contributed by atoms with Crippen molar-refractivity contribution >= 4 is 33.1 Å². The van der Waals surface area contributed by atoms with Gasteiger partial charge in [-0.1, -0.05) is 30.3 Å². The first-order chi connectivity index (χ1) is 15.7. The van der Waals surface area contributed by atoms with Crippen molar-refractivity contribution in [3.63, 3.8) is 0 Å². The Balaban J connectivity index is 1.45. The number of carbonyl (C=O) groups is 1. The molecule has 1 fully saturated rings. The van der Waals surface area contributed by atoms with Gasteiger partial charge in [-0.2, -0.15) is 0 Å². The largest absolute Gasteiger partial charge is 0.321 e. The van der Waals surface area contributed by atoms with Crippen LogP contribution in [0, 0.1) is 5.82 Å². The molecule has 1 aromatic heterocycles. The number of thiazole rings is 1. The fourth-order valence-corrected chi connectivity index (χ4v) is 5.01. The van der Waals surface area contributed by atoms with Gasteiger partial charge in [0, 0.05) is 43.9 Å². The Morgan fingerprint density at radius 1 is 1.06 bits per heavy atom. The van der Waals surface area contributed by atoms with Crippen LogP contribution in [0.15, 0.2) is 66.7 Å². The Morgan fingerprint density at radius 2 is 1.88 bits per heavy atom. The highest BCUT2D eigenvalue weighted by Gasteiger charge is 2.17. The van der Waals surface area contributed by atoms with Crippen molar-refractivity contribution in [3.8, 4) is 10.6 Å². The summed E-state index contributed by atoms with van der Waals surface area (Å²) >= 11 is 1.61. The van der Waals surface area contributed by atoms with Crippen LogP contribution in [0.2, 0.25) is 0 Å². The van der Waals surface area contributed by atoms with E-state index in [1.807, 2.05) is 24.3 Å². The summed E-state index contributed by atoms with van der Waals surface area (Å²) in [4.78, 5) is 20.1. The molecule has 0 spiro atoms. The first-order valence-corrected chi connectivity index (χ1v) is 11.5. The van der Waals surface area contributed by atoms with E-state index in [2.05, 4.69) is 33.7 Å². The van der Waals surface area contributed by atoms with E-state index < -0.39 is 5.82 Å². The van der Waals surface area contributed by atoms with E-state index in [-0.39, 0.29) is 11.5 Å². The quantitative estimate of drug-likeness (QED) is 0.464. The monoisotopic (exact) mass is 446 g/mol. The number of amides is 1. The van der Waals surface area contributed by atoms with Gasteiger partial charge in [0.25, 0.3) is 5.91 Å². The lowest BCUT2D eigenvalue weighted by molar-refractivity contribution is 0.102. The number of carbonyl (C=O) groups excluding carboxylic acids is 1. The minimum Gasteiger partial charge on any atom is -0.321 e. The summed E-state index contributed by atoms with van der Waals surface area (Å²) in [5.74, 6) is -0.786. The van der Waals surface area contributed by atoms with Crippen molar-refractivity contribution in [3.05, 3.63) is 83.7 Å². The standard InChI is InChI=1S/C25H23FN4OS/c26-19-7-3-5-17(15-19)24(31)28-21-9-2-1-8-20(21)25-29-23-18(6-4-10-22(23)32-25)16-30-13-11-27-12-14-30/h1-10,15,27H,11-14,16H2,(H,28,31). The van der Waals surface area contributed by atoms with E-state index in [0.717, 1.165) is 53.5 Å². The number of nitrogens with zero attached hydrogens (tertiary/aromatic N) is 2. The summed E-state index contributed by atoms with van der Waals surface area (Å²) in [5.41, 5.74) is 4.02. The zero-order valence-corrected chi connectivity index (χ0v) is 18.3. The number of halogens is 1. The average Bonchev–Trinajstić information content (AvgIpc) is 3.25. The number of para-hydroxylation sites is 2. The number of benzene rings is 3. The predicted molar refractivity (Wildman–Crippen MR) is 128 cm³/mol. The Morgan fingerprint density at radius 3 is 2.72 bits per heavy atom. The van der Waals surface area contributed by atoms with Crippen LogP contribution < -0.4 is 10.6 Å². The molecule has 32 heavy (non-hydrogen) atoms. The number of hydrogen-bond donors (Lipinski definition) is 2. The molecule has 0 saturated carbocycles. The van der Waals surface area contributed by atoms with Crippen molar-refractivity contribution in [2.75, 3.05) is 31.5 Å². The fraction of sp³-hybridized carbons (Fsp3) is 0.200. The minimum absolute atomic E-state index is 0.280. The van der Waals surface area contributed by atoms with E-state index >= 15 is 0 Å². The molecule has 2 N–H and O–H groups in total. The number of hydrogen-bond acceptors (Lipinski definition) is 5. The van der Waals surface area contributed by atoms with Gasteiger partial charge in [0.05, 0.1) is 15.9 Å². The van der Waals surface area contributed by atoms with Gasteiger partial charge in [0.15, 0.2) is 0 Å². The van der Waals surface area contributed by atoms with Crippen LogP contribution >= 0.6 is 11.3 Å². The summed E-state index contributed by atoms with van der Waals surface area (Å²) in [6.45, 7) is 4.96. The summed E-state index contributed by atoms with van der Waals surface area (Å²) in [6.07, 6.45) is 0. The first kappa shape index (κ1) is 20.8. The molecule has 1 amide bonds. The highest BCUT2D eigenvalue weighted by atomic mass is 32.1. The van der Waals surface area contributed by atoms with E-state index in [1.54, 1.807) is 17.4 Å². The number of anilines is 1. The molecule has 162 valence electrons. The van der Waals surface area contributed by atoms with Crippen LogP contribution in [0.25, 0.3) is 20.8 Å². The van der Waals surface area contributed by atoms with Gasteiger partial charge >= 0.3 is 0 Å². The van der Waals surface area contributed by atoms with Gasteiger partial charge in [-0.25, -0.2) is 9.37 Å². The first-order valence-electron chi connectivity index (χ1n) is 10.7. The molecule has 5 nitrogen and oxygen atoms in total. The van der Waals surface area contributed by atoms with Gasteiger partial charge in [-0.3, -0.25) is 9.69 Å². The van der Waals surface area contributed by atoms with Crippen molar-refractivity contribution < 1.29 is 9.18 Å². The molecular formula is C25H23FN4OS. The van der Waals surface area contributed by atoms with Gasteiger partial charge in [-0.15, -0.1) is 11.3 Å². The summed E-state index contributed by atoms with van der Waals surface area (Å²) in [5, 5.41) is 7.16. The molecular weight excluding hydrogens is 423 g/mol. The van der Waals surface area contributed by atoms with Crippen LogP contribution in [0.4, 0.5) is 10.1 Å². The lowest BCUT2D eigenvalue weighted by atomic mass is 10.1. The second kappa shape index (κ2) is 9.16. The number of nitrogens with one attached hydrogen (secondary N) is 2. The lowest BCUT2D eigenvalue weighted by Crippen LogP contribution is -2.42. The number of piperazine rings is 1.